The minimum absolute atomic E-state index is 0.0287. The van der Waals surface area contributed by atoms with E-state index in [1.165, 1.54) is 12.3 Å². The van der Waals surface area contributed by atoms with Crippen molar-refractivity contribution in [1.29, 1.82) is 0 Å². The zero-order valence-corrected chi connectivity index (χ0v) is 18.9. The number of H-pyrrole nitrogens is 1. The number of carbonyl (C=O) groups is 1. The zero-order chi connectivity index (χ0) is 24.6. The van der Waals surface area contributed by atoms with Gasteiger partial charge in [0.15, 0.2) is 0 Å². The molecule has 0 aliphatic heterocycles. The average Bonchev–Trinajstić information content (AvgIpc) is 3.38. The number of nitrogens with zero attached hydrogens (tertiary/aromatic N) is 2. The van der Waals surface area contributed by atoms with Crippen LogP contribution in [-0.4, -0.2) is 33.7 Å². The molecule has 2 aromatic carbocycles. The van der Waals surface area contributed by atoms with Crippen LogP contribution in [0, 0.1) is 5.82 Å². The summed E-state index contributed by atoms with van der Waals surface area (Å²) in [6.45, 7) is 1.63. The van der Waals surface area contributed by atoms with E-state index in [9.17, 15) is 14.0 Å². The Kier molecular flexibility index (Phi) is 7.66. The fraction of sp³-hybridized carbons (Fsp3) is 0.160. The van der Waals surface area contributed by atoms with Crippen LogP contribution < -0.4 is 27.2 Å². The molecule has 180 valence electrons. The van der Waals surface area contributed by atoms with Crippen LogP contribution in [0.5, 0.6) is 0 Å². The van der Waals surface area contributed by atoms with Gasteiger partial charge in [0.2, 0.25) is 5.95 Å². The van der Waals surface area contributed by atoms with E-state index in [1.54, 1.807) is 18.2 Å². The molecule has 0 unspecified atom stereocenters. The van der Waals surface area contributed by atoms with Crippen molar-refractivity contribution in [3.05, 3.63) is 94.9 Å². The van der Waals surface area contributed by atoms with Crippen molar-refractivity contribution in [3.8, 4) is 16.8 Å². The molecule has 9 nitrogen and oxygen atoms in total. The molecule has 0 fully saturated rings. The highest BCUT2D eigenvalue weighted by atomic mass is 19.1. The number of benzene rings is 2. The highest BCUT2D eigenvalue weighted by molar-refractivity contribution is 5.98. The molecule has 2 aromatic heterocycles. The van der Waals surface area contributed by atoms with E-state index in [4.69, 9.17) is 5.73 Å². The van der Waals surface area contributed by atoms with Crippen molar-refractivity contribution < 1.29 is 9.18 Å². The Morgan fingerprint density at radius 3 is 2.66 bits per heavy atom. The Morgan fingerprint density at radius 2 is 1.91 bits per heavy atom. The van der Waals surface area contributed by atoms with Crippen molar-refractivity contribution in [2.75, 3.05) is 23.7 Å². The lowest BCUT2D eigenvalue weighted by molar-refractivity contribution is 0.262. The Hall–Kier alpha value is -4.28. The maximum Gasteiger partial charge on any atom is 0.326 e. The lowest BCUT2D eigenvalue weighted by Gasteiger charge is -2.10. The number of anilines is 2. The third kappa shape index (κ3) is 6.19. The van der Waals surface area contributed by atoms with Crippen LogP contribution in [0.15, 0.2) is 78.0 Å². The Labute approximate surface area is 201 Å². The van der Waals surface area contributed by atoms with Gasteiger partial charge in [-0.1, -0.05) is 18.2 Å². The number of halogens is 1. The quantitative estimate of drug-likeness (QED) is 0.237. The number of hydrogen-bond donors (Lipinski definition) is 5. The topological polar surface area (TPSA) is 130 Å². The van der Waals surface area contributed by atoms with Crippen molar-refractivity contribution >= 4 is 17.7 Å². The molecule has 6 N–H and O–H groups in total. The lowest BCUT2D eigenvalue weighted by atomic mass is 10.1. The molecule has 0 saturated carbocycles. The molecule has 4 rings (SSSR count). The average molecular weight is 476 g/mol. The molecule has 2 amide bonds. The van der Waals surface area contributed by atoms with E-state index in [0.717, 1.165) is 12.1 Å². The minimum Gasteiger partial charge on any atom is -0.331 e. The molecule has 35 heavy (non-hydrogen) atoms. The summed E-state index contributed by atoms with van der Waals surface area (Å²) in [5.41, 5.74) is 7.38. The Bertz CT molecular complexity index is 1350. The van der Waals surface area contributed by atoms with Crippen molar-refractivity contribution in [3.63, 3.8) is 0 Å². The van der Waals surface area contributed by atoms with Crippen LogP contribution in [0.4, 0.5) is 20.8 Å². The zero-order valence-electron chi connectivity index (χ0n) is 18.9. The number of rotatable bonds is 9. The first-order chi connectivity index (χ1) is 17.0. The van der Waals surface area contributed by atoms with Crippen molar-refractivity contribution in [2.45, 2.75) is 13.0 Å². The van der Waals surface area contributed by atoms with Gasteiger partial charge in [-0.2, -0.15) is 4.98 Å². The summed E-state index contributed by atoms with van der Waals surface area (Å²) in [4.78, 5) is 31.6. The standard InChI is InChI=1S/C25H26FN7O2/c26-22-13-17(7-8-18(22)15-28-10-4-9-27)21-16-29-24(31-23(21)34)32-25(35)30-19-5-3-6-20(14-19)33-11-1-2-12-33/h1-3,5-8,11-14,16,28H,4,9-10,15,27H2,(H3,29,30,31,32,34,35). The van der Waals surface area contributed by atoms with Crippen LogP contribution in [0.25, 0.3) is 16.8 Å². The molecular weight excluding hydrogens is 449 g/mol. The van der Waals surface area contributed by atoms with Gasteiger partial charge in [0.1, 0.15) is 5.82 Å². The second-order valence-electron chi connectivity index (χ2n) is 7.81. The van der Waals surface area contributed by atoms with E-state index < -0.39 is 17.4 Å². The van der Waals surface area contributed by atoms with Crippen LogP contribution in [0.2, 0.25) is 0 Å². The number of urea groups is 1. The van der Waals surface area contributed by atoms with Gasteiger partial charge in [0.05, 0.1) is 5.56 Å². The van der Waals surface area contributed by atoms with Gasteiger partial charge in [0, 0.05) is 42.1 Å². The van der Waals surface area contributed by atoms with Crippen LogP contribution >= 0.6 is 0 Å². The van der Waals surface area contributed by atoms with Gasteiger partial charge in [-0.15, -0.1) is 0 Å². The number of amides is 2. The van der Waals surface area contributed by atoms with E-state index >= 15 is 0 Å². The number of hydrogen-bond acceptors (Lipinski definition) is 5. The Balaban J connectivity index is 1.40. The highest BCUT2D eigenvalue weighted by Gasteiger charge is 2.11. The molecule has 10 heteroatoms. The maximum absolute atomic E-state index is 14.5. The normalized spacial score (nSPS) is 10.8. The van der Waals surface area contributed by atoms with E-state index in [-0.39, 0.29) is 11.5 Å². The number of nitrogens with two attached hydrogens (primary N) is 1. The summed E-state index contributed by atoms with van der Waals surface area (Å²) < 4.78 is 16.4. The molecule has 0 saturated heterocycles. The fourth-order valence-corrected chi connectivity index (χ4v) is 3.50. The third-order valence-corrected chi connectivity index (χ3v) is 5.27. The predicted octanol–water partition coefficient (Wildman–Crippen LogP) is 3.45. The maximum atomic E-state index is 14.5. The van der Waals surface area contributed by atoms with Crippen molar-refractivity contribution in [2.24, 2.45) is 5.73 Å². The van der Waals surface area contributed by atoms with E-state index in [0.29, 0.717) is 36.4 Å². The number of aromatic amines is 1. The SMILES string of the molecule is NCCCNCc1ccc(-c2c[nH]c(NC(=O)Nc3cccc(-n4cccc4)c3)nc2=O)cc1F. The van der Waals surface area contributed by atoms with E-state index in [2.05, 4.69) is 25.9 Å². The van der Waals surface area contributed by atoms with Gasteiger partial charge in [-0.3, -0.25) is 10.1 Å². The molecule has 0 aliphatic carbocycles. The van der Waals surface area contributed by atoms with Gasteiger partial charge in [0.25, 0.3) is 5.56 Å². The summed E-state index contributed by atoms with van der Waals surface area (Å²) >= 11 is 0. The summed E-state index contributed by atoms with van der Waals surface area (Å²) in [7, 11) is 0. The second-order valence-corrected chi connectivity index (χ2v) is 7.81. The van der Waals surface area contributed by atoms with Crippen molar-refractivity contribution in [1.82, 2.24) is 19.9 Å². The molecule has 0 radical (unpaired) electrons. The highest BCUT2D eigenvalue weighted by Crippen LogP contribution is 2.19. The summed E-state index contributed by atoms with van der Waals surface area (Å²) in [5, 5.41) is 8.33. The molecule has 4 aromatic rings. The monoisotopic (exact) mass is 475 g/mol. The number of nitrogens with one attached hydrogen (secondary N) is 4. The minimum atomic E-state index is -0.595. The van der Waals surface area contributed by atoms with Crippen LogP contribution in [0.1, 0.15) is 12.0 Å². The van der Waals surface area contributed by atoms with Gasteiger partial charge < -0.3 is 25.9 Å². The Morgan fingerprint density at radius 1 is 1.09 bits per heavy atom. The molecule has 2 heterocycles. The molecule has 0 spiro atoms. The molecule has 0 bridgehead atoms. The molecule has 0 aliphatic rings. The summed E-state index contributed by atoms with van der Waals surface area (Å²) in [6, 6.07) is 15.1. The van der Waals surface area contributed by atoms with Gasteiger partial charge in [-0.25, -0.2) is 9.18 Å². The smallest absolute Gasteiger partial charge is 0.326 e. The van der Waals surface area contributed by atoms with Crippen LogP contribution in [-0.2, 0) is 6.54 Å². The molecule has 0 atom stereocenters. The second kappa shape index (κ2) is 11.2. The van der Waals surface area contributed by atoms with E-state index in [1.807, 2.05) is 47.3 Å². The largest absolute Gasteiger partial charge is 0.331 e. The molecular formula is C25H26FN7O2. The first kappa shape index (κ1) is 23.9. The predicted molar refractivity (Wildman–Crippen MR) is 134 cm³/mol. The summed E-state index contributed by atoms with van der Waals surface area (Å²) in [6.07, 6.45) is 6.00. The van der Waals surface area contributed by atoms with Gasteiger partial charge >= 0.3 is 6.03 Å². The lowest BCUT2D eigenvalue weighted by Crippen LogP contribution is -2.23. The van der Waals surface area contributed by atoms with Crippen LogP contribution in [0.3, 0.4) is 0 Å². The first-order valence-electron chi connectivity index (χ1n) is 11.1. The summed E-state index contributed by atoms with van der Waals surface area (Å²) in [5.74, 6) is -0.454. The first-order valence-corrected chi connectivity index (χ1v) is 11.1. The fourth-order valence-electron chi connectivity index (χ4n) is 3.50. The number of aromatic nitrogens is 3. The van der Waals surface area contributed by atoms with Gasteiger partial charge in [-0.05, 0) is 61.5 Å². The number of carbonyl (C=O) groups excluding carboxylic acids is 1. The third-order valence-electron chi connectivity index (χ3n) is 5.27.